The van der Waals surface area contributed by atoms with Crippen molar-refractivity contribution in [3.05, 3.63) is 76.1 Å². The molecule has 0 atom stereocenters. The van der Waals surface area contributed by atoms with Gasteiger partial charge in [0, 0.05) is 5.56 Å². The molecule has 0 aliphatic carbocycles. The van der Waals surface area contributed by atoms with Crippen LogP contribution in [0, 0.1) is 4.77 Å². The van der Waals surface area contributed by atoms with Crippen molar-refractivity contribution in [2.75, 3.05) is 0 Å². The molecule has 0 radical (unpaired) electrons. The number of nitrogens with one attached hydrogen (secondary N) is 1. The van der Waals surface area contributed by atoms with Gasteiger partial charge in [0.05, 0.1) is 21.9 Å². The van der Waals surface area contributed by atoms with Crippen LogP contribution in [0.3, 0.4) is 0 Å². The Hall–Kier alpha value is -2.77. The van der Waals surface area contributed by atoms with Gasteiger partial charge in [-0.2, -0.15) is 9.61 Å². The Morgan fingerprint density at radius 3 is 2.27 bits per heavy atom. The van der Waals surface area contributed by atoms with E-state index in [1.807, 2.05) is 51.5 Å². The van der Waals surface area contributed by atoms with Gasteiger partial charge < -0.3 is 0 Å². The Morgan fingerprint density at radius 1 is 0.923 bits per heavy atom. The minimum atomic E-state index is 0.526. The van der Waals surface area contributed by atoms with E-state index < -0.39 is 0 Å². The molecular formula is C19H12BrN5S. The van der Waals surface area contributed by atoms with Crippen LogP contribution in [0.25, 0.3) is 33.7 Å². The number of hydrogen-bond donors (Lipinski definition) is 1. The summed E-state index contributed by atoms with van der Waals surface area (Å²) in [7, 11) is 0. The Morgan fingerprint density at radius 2 is 1.58 bits per heavy atom. The molecule has 5 rings (SSSR count). The molecule has 0 spiro atoms. The first kappa shape index (κ1) is 15.5. The van der Waals surface area contributed by atoms with Gasteiger partial charge in [-0.15, -0.1) is 5.10 Å². The van der Waals surface area contributed by atoms with Crippen molar-refractivity contribution in [3.63, 3.8) is 0 Å². The van der Waals surface area contributed by atoms with E-state index in [-0.39, 0.29) is 0 Å². The number of aromatic nitrogens is 5. The minimum Gasteiger partial charge on any atom is -0.251 e. The molecule has 5 nitrogen and oxygen atoms in total. The van der Waals surface area contributed by atoms with Gasteiger partial charge in [-0.3, -0.25) is 4.40 Å². The Labute approximate surface area is 162 Å². The molecule has 0 aliphatic rings. The fraction of sp³-hybridized carbons (Fsp3) is 0. The maximum atomic E-state index is 5.48. The topological polar surface area (TPSA) is 50.4 Å². The molecule has 3 heterocycles. The molecule has 0 fully saturated rings. The third-order valence-corrected chi connectivity index (χ3v) is 5.41. The van der Waals surface area contributed by atoms with Crippen molar-refractivity contribution in [2.45, 2.75) is 0 Å². The molecule has 1 N–H and O–H groups in total. The standard InChI is InChI=1S/C19H12BrN5S/c20-15-16(13-9-5-2-6-10-13)24-18(22-23-19(24)26)25-17(15)14(11-21-25)12-7-3-1-4-8-12/h1-11H,(H,23,26). The molecule has 0 amide bonds. The summed E-state index contributed by atoms with van der Waals surface area (Å²) in [5, 5.41) is 11.9. The van der Waals surface area contributed by atoms with Crippen LogP contribution in [-0.2, 0) is 0 Å². The summed E-state index contributed by atoms with van der Waals surface area (Å²) < 4.78 is 5.16. The predicted molar refractivity (Wildman–Crippen MR) is 108 cm³/mol. The Kier molecular flexibility index (Phi) is 3.51. The quantitative estimate of drug-likeness (QED) is 0.401. The van der Waals surface area contributed by atoms with Crippen molar-refractivity contribution >= 4 is 39.4 Å². The molecule has 0 saturated heterocycles. The maximum Gasteiger partial charge on any atom is 0.255 e. The maximum absolute atomic E-state index is 5.48. The lowest BCUT2D eigenvalue weighted by molar-refractivity contribution is 0.927. The Balaban J connectivity index is 1.98. The average molecular weight is 422 g/mol. The molecule has 0 unspecified atom stereocenters. The zero-order valence-electron chi connectivity index (χ0n) is 13.4. The molecular weight excluding hydrogens is 410 g/mol. The van der Waals surface area contributed by atoms with Crippen molar-refractivity contribution in [1.29, 1.82) is 0 Å². The number of hydrogen-bond acceptors (Lipinski definition) is 3. The van der Waals surface area contributed by atoms with E-state index in [2.05, 4.69) is 55.5 Å². The summed E-state index contributed by atoms with van der Waals surface area (Å²) in [5.41, 5.74) is 5.08. The van der Waals surface area contributed by atoms with Crippen molar-refractivity contribution in [1.82, 2.24) is 24.2 Å². The molecule has 3 aromatic heterocycles. The second-order valence-corrected chi connectivity index (χ2v) is 7.06. The highest BCUT2D eigenvalue weighted by molar-refractivity contribution is 9.10. The lowest BCUT2D eigenvalue weighted by Gasteiger charge is -2.11. The summed E-state index contributed by atoms with van der Waals surface area (Å²) in [6.45, 7) is 0. The fourth-order valence-electron chi connectivity index (χ4n) is 3.23. The van der Waals surface area contributed by atoms with Crippen LogP contribution >= 0.6 is 28.1 Å². The number of halogens is 1. The molecule has 0 aliphatic heterocycles. The van der Waals surface area contributed by atoms with Crippen LogP contribution in [0.5, 0.6) is 0 Å². The van der Waals surface area contributed by atoms with E-state index >= 15 is 0 Å². The monoisotopic (exact) mass is 421 g/mol. The van der Waals surface area contributed by atoms with Gasteiger partial charge in [0.2, 0.25) is 4.77 Å². The van der Waals surface area contributed by atoms with E-state index in [0.717, 1.165) is 32.4 Å². The van der Waals surface area contributed by atoms with Crippen molar-refractivity contribution < 1.29 is 0 Å². The fourth-order valence-corrected chi connectivity index (χ4v) is 4.24. The zero-order valence-corrected chi connectivity index (χ0v) is 15.8. The van der Waals surface area contributed by atoms with Crippen molar-refractivity contribution in [3.8, 4) is 22.4 Å². The number of nitrogens with zero attached hydrogens (tertiary/aromatic N) is 4. The normalized spacial score (nSPS) is 11.4. The van der Waals surface area contributed by atoms with Crippen LogP contribution in [0.2, 0.25) is 0 Å². The highest BCUT2D eigenvalue weighted by Gasteiger charge is 2.20. The average Bonchev–Trinajstić information content (AvgIpc) is 3.28. The Bertz CT molecular complexity index is 1300. The molecule has 0 saturated carbocycles. The smallest absolute Gasteiger partial charge is 0.251 e. The van der Waals surface area contributed by atoms with Gasteiger partial charge >= 0.3 is 0 Å². The van der Waals surface area contributed by atoms with Gasteiger partial charge in [0.1, 0.15) is 0 Å². The highest BCUT2D eigenvalue weighted by atomic mass is 79.9. The second kappa shape index (κ2) is 5.89. The number of rotatable bonds is 2. The van der Waals surface area contributed by atoms with Gasteiger partial charge in [-0.1, -0.05) is 60.7 Å². The van der Waals surface area contributed by atoms with Crippen molar-refractivity contribution in [2.24, 2.45) is 0 Å². The van der Waals surface area contributed by atoms with E-state index in [1.165, 1.54) is 0 Å². The van der Waals surface area contributed by atoms with E-state index in [0.29, 0.717) is 10.5 Å². The predicted octanol–water partition coefficient (Wildman–Crippen LogP) is 5.14. The number of H-pyrrole nitrogens is 1. The zero-order chi connectivity index (χ0) is 17.7. The van der Waals surface area contributed by atoms with Crippen LogP contribution in [0.15, 0.2) is 71.3 Å². The first-order chi connectivity index (χ1) is 12.8. The van der Waals surface area contributed by atoms with Crippen LogP contribution in [0.1, 0.15) is 0 Å². The number of fused-ring (bicyclic) bond motifs is 3. The first-order valence-electron chi connectivity index (χ1n) is 8.03. The molecule has 0 bridgehead atoms. The second-order valence-electron chi connectivity index (χ2n) is 5.88. The molecule has 2 aromatic carbocycles. The lowest BCUT2D eigenvalue weighted by Crippen LogP contribution is -2.02. The summed E-state index contributed by atoms with van der Waals surface area (Å²) in [5.74, 6) is 0.647. The summed E-state index contributed by atoms with van der Waals surface area (Å²) in [4.78, 5) is 0. The molecule has 126 valence electrons. The van der Waals surface area contributed by atoms with E-state index in [1.54, 1.807) is 0 Å². The number of aromatic amines is 1. The van der Waals surface area contributed by atoms with Gasteiger partial charge in [0.25, 0.3) is 5.78 Å². The van der Waals surface area contributed by atoms with Gasteiger partial charge in [0.15, 0.2) is 0 Å². The summed E-state index contributed by atoms with van der Waals surface area (Å²) in [6, 6.07) is 20.3. The minimum absolute atomic E-state index is 0.526. The summed E-state index contributed by atoms with van der Waals surface area (Å²) in [6.07, 6.45) is 1.86. The first-order valence-corrected chi connectivity index (χ1v) is 9.23. The van der Waals surface area contributed by atoms with E-state index in [4.69, 9.17) is 12.2 Å². The number of benzene rings is 2. The van der Waals surface area contributed by atoms with Crippen LogP contribution in [0.4, 0.5) is 0 Å². The molecule has 26 heavy (non-hydrogen) atoms. The van der Waals surface area contributed by atoms with E-state index in [9.17, 15) is 0 Å². The third-order valence-electron chi connectivity index (χ3n) is 4.38. The molecule has 5 aromatic rings. The lowest BCUT2D eigenvalue weighted by atomic mass is 10.1. The highest BCUT2D eigenvalue weighted by Crippen LogP contribution is 2.37. The summed E-state index contributed by atoms with van der Waals surface area (Å²) >= 11 is 9.30. The van der Waals surface area contributed by atoms with Crippen LogP contribution in [-0.4, -0.2) is 24.2 Å². The SMILES string of the molecule is S=c1[nH]nc2n1c(-c1ccccc1)c(Br)c1c(-c3ccccc3)cnn12. The van der Waals surface area contributed by atoms with Gasteiger partial charge in [-0.25, -0.2) is 5.10 Å². The van der Waals surface area contributed by atoms with Crippen LogP contribution < -0.4 is 0 Å². The van der Waals surface area contributed by atoms with Gasteiger partial charge in [-0.05, 0) is 39.3 Å². The third kappa shape index (κ3) is 2.17. The molecule has 7 heteroatoms. The largest absolute Gasteiger partial charge is 0.255 e.